The monoisotopic (exact) mass is 294 g/mol. The summed E-state index contributed by atoms with van der Waals surface area (Å²) in [4.78, 5) is 7.18. The Hall–Kier alpha value is -1.70. The third-order valence-electron chi connectivity index (χ3n) is 3.17. The maximum atomic E-state index is 12.5. The van der Waals surface area contributed by atoms with E-state index in [-0.39, 0.29) is 11.4 Å². The van der Waals surface area contributed by atoms with E-state index in [1.807, 2.05) is 6.92 Å². The zero-order valence-electron chi connectivity index (χ0n) is 11.5. The molecule has 1 aromatic heterocycles. The number of aromatic nitrogens is 2. The van der Waals surface area contributed by atoms with Crippen LogP contribution in [0.3, 0.4) is 0 Å². The van der Waals surface area contributed by atoms with Gasteiger partial charge in [0.05, 0.1) is 11.4 Å². The van der Waals surface area contributed by atoms with Gasteiger partial charge in [0.1, 0.15) is 5.82 Å². The highest BCUT2D eigenvalue weighted by atomic mass is 32.2. The summed E-state index contributed by atoms with van der Waals surface area (Å²) in [6, 6.07) is 4.99. The number of rotatable bonds is 5. The number of hydrogen-bond acceptors (Lipinski definition) is 4. The second-order valence-corrected chi connectivity index (χ2v) is 6.63. The first-order chi connectivity index (χ1) is 9.45. The summed E-state index contributed by atoms with van der Waals surface area (Å²) in [5, 5.41) is 0. The first-order valence-corrected chi connectivity index (χ1v) is 7.63. The van der Waals surface area contributed by atoms with Gasteiger partial charge >= 0.3 is 0 Å². The number of nitrogens with zero attached hydrogens (tertiary/aromatic N) is 2. The van der Waals surface area contributed by atoms with Gasteiger partial charge in [0, 0.05) is 26.0 Å². The smallest absolute Gasteiger partial charge is 0.243 e. The Morgan fingerprint density at radius 2 is 2.15 bits per heavy atom. The minimum atomic E-state index is -3.53. The largest absolute Gasteiger partial charge is 0.347 e. The number of H-pyrrole nitrogens is 1. The van der Waals surface area contributed by atoms with Crippen molar-refractivity contribution in [2.24, 2.45) is 5.73 Å². The number of hydrogen-bond donors (Lipinski definition) is 2. The van der Waals surface area contributed by atoms with Crippen LogP contribution in [0.5, 0.6) is 0 Å². The SMILES string of the molecule is Cc1cc(S(=O)(=O)N(C)Cc2ncc[nH]2)ccc1CN. The predicted octanol–water partition coefficient (Wildman–Crippen LogP) is 0.998. The number of aromatic amines is 1. The van der Waals surface area contributed by atoms with E-state index < -0.39 is 10.0 Å². The molecule has 0 fully saturated rings. The average molecular weight is 294 g/mol. The normalized spacial score (nSPS) is 12.0. The van der Waals surface area contributed by atoms with Crippen molar-refractivity contribution < 1.29 is 8.42 Å². The Morgan fingerprint density at radius 1 is 1.40 bits per heavy atom. The second kappa shape index (κ2) is 5.74. The molecular formula is C13H18N4O2S. The Kier molecular flexibility index (Phi) is 4.22. The lowest BCUT2D eigenvalue weighted by Crippen LogP contribution is -2.27. The van der Waals surface area contributed by atoms with Crippen LogP contribution in [-0.4, -0.2) is 29.7 Å². The number of nitrogens with two attached hydrogens (primary N) is 1. The summed E-state index contributed by atoms with van der Waals surface area (Å²) in [6.45, 7) is 2.45. The van der Waals surface area contributed by atoms with E-state index in [4.69, 9.17) is 5.73 Å². The van der Waals surface area contributed by atoms with Crippen molar-refractivity contribution in [1.29, 1.82) is 0 Å². The number of benzene rings is 1. The lowest BCUT2D eigenvalue weighted by Gasteiger charge is -2.17. The van der Waals surface area contributed by atoms with Crippen molar-refractivity contribution >= 4 is 10.0 Å². The number of nitrogens with one attached hydrogen (secondary N) is 1. The van der Waals surface area contributed by atoms with E-state index >= 15 is 0 Å². The fourth-order valence-corrected chi connectivity index (χ4v) is 3.14. The van der Waals surface area contributed by atoms with Crippen molar-refractivity contribution in [2.45, 2.75) is 24.9 Å². The highest BCUT2D eigenvalue weighted by Gasteiger charge is 2.22. The zero-order valence-corrected chi connectivity index (χ0v) is 12.3. The molecule has 7 heteroatoms. The van der Waals surface area contributed by atoms with Gasteiger partial charge in [-0.25, -0.2) is 13.4 Å². The lowest BCUT2D eigenvalue weighted by molar-refractivity contribution is 0.458. The van der Waals surface area contributed by atoms with Crippen LogP contribution in [0.4, 0.5) is 0 Å². The van der Waals surface area contributed by atoms with Crippen LogP contribution in [0.25, 0.3) is 0 Å². The molecule has 0 bridgehead atoms. The first-order valence-electron chi connectivity index (χ1n) is 6.19. The second-order valence-electron chi connectivity index (χ2n) is 4.59. The van der Waals surface area contributed by atoms with Crippen LogP contribution in [-0.2, 0) is 23.1 Å². The molecule has 1 heterocycles. The molecule has 0 spiro atoms. The number of aryl methyl sites for hydroxylation is 1. The van der Waals surface area contributed by atoms with E-state index in [1.165, 1.54) is 11.4 Å². The fourth-order valence-electron chi connectivity index (χ4n) is 1.92. The summed E-state index contributed by atoms with van der Waals surface area (Å²) in [7, 11) is -2.00. The highest BCUT2D eigenvalue weighted by molar-refractivity contribution is 7.89. The topological polar surface area (TPSA) is 92.1 Å². The summed E-state index contributed by atoms with van der Waals surface area (Å²) in [6.07, 6.45) is 3.26. The molecule has 0 aliphatic rings. The van der Waals surface area contributed by atoms with Gasteiger partial charge in [-0.3, -0.25) is 0 Å². The minimum Gasteiger partial charge on any atom is -0.347 e. The summed E-state index contributed by atoms with van der Waals surface area (Å²) in [5.41, 5.74) is 7.40. The molecular weight excluding hydrogens is 276 g/mol. The van der Waals surface area contributed by atoms with Crippen LogP contribution in [0.1, 0.15) is 17.0 Å². The van der Waals surface area contributed by atoms with Gasteiger partial charge in [0.2, 0.25) is 10.0 Å². The highest BCUT2D eigenvalue weighted by Crippen LogP contribution is 2.19. The molecule has 2 rings (SSSR count). The molecule has 20 heavy (non-hydrogen) atoms. The molecule has 2 aromatic rings. The van der Waals surface area contributed by atoms with E-state index in [9.17, 15) is 8.42 Å². The van der Waals surface area contributed by atoms with Gasteiger partial charge in [-0.15, -0.1) is 0 Å². The van der Waals surface area contributed by atoms with Crippen LogP contribution in [0, 0.1) is 6.92 Å². The molecule has 0 aliphatic carbocycles. The molecule has 6 nitrogen and oxygen atoms in total. The van der Waals surface area contributed by atoms with Gasteiger partial charge in [-0.2, -0.15) is 4.31 Å². The van der Waals surface area contributed by atoms with Gasteiger partial charge in [-0.1, -0.05) is 6.07 Å². The molecule has 108 valence electrons. The van der Waals surface area contributed by atoms with Gasteiger partial charge in [-0.05, 0) is 30.2 Å². The van der Waals surface area contributed by atoms with Crippen molar-refractivity contribution in [1.82, 2.24) is 14.3 Å². The maximum Gasteiger partial charge on any atom is 0.243 e. The predicted molar refractivity (Wildman–Crippen MR) is 76.3 cm³/mol. The zero-order chi connectivity index (χ0) is 14.8. The third kappa shape index (κ3) is 2.90. The van der Waals surface area contributed by atoms with E-state index in [2.05, 4.69) is 9.97 Å². The fraction of sp³-hybridized carbons (Fsp3) is 0.308. The first kappa shape index (κ1) is 14.7. The maximum absolute atomic E-state index is 12.5. The van der Waals surface area contributed by atoms with E-state index in [0.29, 0.717) is 12.4 Å². The Morgan fingerprint density at radius 3 is 2.70 bits per heavy atom. The lowest BCUT2D eigenvalue weighted by atomic mass is 10.1. The van der Waals surface area contributed by atoms with Gasteiger partial charge in [0.25, 0.3) is 0 Å². The van der Waals surface area contributed by atoms with E-state index in [1.54, 1.807) is 30.6 Å². The third-order valence-corrected chi connectivity index (χ3v) is 4.97. The van der Waals surface area contributed by atoms with E-state index in [0.717, 1.165) is 11.1 Å². The molecule has 1 aromatic carbocycles. The van der Waals surface area contributed by atoms with Crippen molar-refractivity contribution in [3.05, 3.63) is 47.5 Å². The quantitative estimate of drug-likeness (QED) is 0.860. The average Bonchev–Trinajstić information content (AvgIpc) is 2.91. The minimum absolute atomic E-state index is 0.201. The number of sulfonamides is 1. The van der Waals surface area contributed by atoms with Gasteiger partial charge in [0.15, 0.2) is 0 Å². The molecule has 0 saturated carbocycles. The summed E-state index contributed by atoms with van der Waals surface area (Å²) in [5.74, 6) is 0.603. The van der Waals surface area contributed by atoms with Crippen LogP contribution in [0.15, 0.2) is 35.5 Å². The van der Waals surface area contributed by atoms with Crippen LogP contribution >= 0.6 is 0 Å². The van der Waals surface area contributed by atoms with Crippen LogP contribution < -0.4 is 5.73 Å². The molecule has 0 unspecified atom stereocenters. The number of imidazole rings is 1. The molecule has 0 atom stereocenters. The molecule has 0 saturated heterocycles. The van der Waals surface area contributed by atoms with Crippen molar-refractivity contribution in [3.8, 4) is 0 Å². The standard InChI is InChI=1S/C13H18N4O2S/c1-10-7-12(4-3-11(10)8-14)20(18,19)17(2)9-13-15-5-6-16-13/h3-7H,8-9,14H2,1-2H3,(H,15,16). The summed E-state index contributed by atoms with van der Waals surface area (Å²) >= 11 is 0. The summed E-state index contributed by atoms with van der Waals surface area (Å²) < 4.78 is 26.2. The molecule has 3 N–H and O–H groups in total. The van der Waals surface area contributed by atoms with Crippen molar-refractivity contribution in [3.63, 3.8) is 0 Å². The Bertz CT molecular complexity index is 680. The Labute approximate surface area is 118 Å². The van der Waals surface area contributed by atoms with Gasteiger partial charge < -0.3 is 10.7 Å². The molecule has 0 radical (unpaired) electrons. The molecule has 0 aliphatic heterocycles. The Balaban J connectivity index is 2.27. The molecule has 0 amide bonds. The van der Waals surface area contributed by atoms with Crippen LogP contribution in [0.2, 0.25) is 0 Å². The van der Waals surface area contributed by atoms with Crippen molar-refractivity contribution in [2.75, 3.05) is 7.05 Å².